The van der Waals surface area contributed by atoms with E-state index in [9.17, 15) is 19.2 Å². The Morgan fingerprint density at radius 3 is 1.88 bits per heavy atom. The first-order chi connectivity index (χ1) is 19.8. The zero-order chi connectivity index (χ0) is 29.6. The summed E-state index contributed by atoms with van der Waals surface area (Å²) in [6.45, 7) is 7.46. The third-order valence-corrected chi connectivity index (χ3v) is 5.64. The number of methoxy groups -OCH3 is 1. The number of esters is 4. The summed E-state index contributed by atoms with van der Waals surface area (Å²) in [6.07, 6.45) is 2.10. The highest BCUT2D eigenvalue weighted by Gasteiger charge is 2.13. The van der Waals surface area contributed by atoms with Crippen LogP contribution in [0.1, 0.15) is 29.6 Å². The van der Waals surface area contributed by atoms with Crippen LogP contribution in [0.5, 0.6) is 17.2 Å². The number of hydrogen-bond donors (Lipinski definition) is 0. The molecule has 0 N–H and O–H groups in total. The summed E-state index contributed by atoms with van der Waals surface area (Å²) in [5.74, 6) is -0.824. The number of carbonyl (C=O) groups is 4. The van der Waals surface area contributed by atoms with E-state index in [-0.39, 0.29) is 18.6 Å². The lowest BCUT2D eigenvalue weighted by Crippen LogP contribution is -2.13. The molecule has 0 spiro atoms. The van der Waals surface area contributed by atoms with Crippen LogP contribution in [-0.4, -0.2) is 44.2 Å². The maximum atomic E-state index is 12.6. The Hall–Kier alpha value is -5.18. The van der Waals surface area contributed by atoms with Gasteiger partial charge < -0.3 is 23.7 Å². The summed E-state index contributed by atoms with van der Waals surface area (Å²) in [7, 11) is 1.23. The third kappa shape index (κ3) is 9.81. The van der Waals surface area contributed by atoms with Crippen LogP contribution in [-0.2, 0) is 23.9 Å². The van der Waals surface area contributed by atoms with Crippen molar-refractivity contribution < 1.29 is 42.9 Å². The van der Waals surface area contributed by atoms with E-state index in [1.54, 1.807) is 60.7 Å². The van der Waals surface area contributed by atoms with Gasteiger partial charge in [-0.15, -0.1) is 0 Å². The molecule has 0 aromatic heterocycles. The average Bonchev–Trinajstić information content (AvgIpc) is 2.99. The van der Waals surface area contributed by atoms with Crippen LogP contribution in [0.25, 0.3) is 11.1 Å². The maximum Gasteiger partial charge on any atom is 0.343 e. The smallest absolute Gasteiger partial charge is 0.343 e. The monoisotopic (exact) mass is 558 g/mol. The molecule has 0 saturated carbocycles. The molecule has 0 heterocycles. The Labute approximate surface area is 237 Å². The highest BCUT2D eigenvalue weighted by molar-refractivity contribution is 5.93. The topological polar surface area (TPSA) is 114 Å². The van der Waals surface area contributed by atoms with Crippen molar-refractivity contribution in [3.8, 4) is 28.4 Å². The third-order valence-electron chi connectivity index (χ3n) is 5.64. The van der Waals surface area contributed by atoms with Gasteiger partial charge in [-0.25, -0.2) is 14.4 Å². The summed E-state index contributed by atoms with van der Waals surface area (Å²) >= 11 is 0. The molecule has 0 radical (unpaired) electrons. The van der Waals surface area contributed by atoms with Crippen LogP contribution >= 0.6 is 0 Å². The van der Waals surface area contributed by atoms with E-state index in [0.717, 1.165) is 17.2 Å². The molecule has 41 heavy (non-hydrogen) atoms. The molecule has 0 bridgehead atoms. The van der Waals surface area contributed by atoms with E-state index in [1.807, 2.05) is 12.1 Å². The molecule has 9 nitrogen and oxygen atoms in total. The summed E-state index contributed by atoms with van der Waals surface area (Å²) in [4.78, 5) is 46.8. The predicted octanol–water partition coefficient (Wildman–Crippen LogP) is 5.49. The molecule has 3 aromatic carbocycles. The fourth-order valence-corrected chi connectivity index (χ4v) is 3.42. The summed E-state index contributed by atoms with van der Waals surface area (Å²) in [5, 5.41) is 0. The van der Waals surface area contributed by atoms with Crippen LogP contribution in [0.15, 0.2) is 97.6 Å². The molecule has 9 heteroatoms. The zero-order valence-electron chi connectivity index (χ0n) is 22.6. The molecule has 0 aliphatic carbocycles. The van der Waals surface area contributed by atoms with E-state index in [1.165, 1.54) is 7.11 Å². The van der Waals surface area contributed by atoms with Gasteiger partial charge in [0.25, 0.3) is 0 Å². The average molecular weight is 559 g/mol. The molecule has 3 aromatic rings. The summed E-state index contributed by atoms with van der Waals surface area (Å²) in [6, 6.07) is 20.6. The van der Waals surface area contributed by atoms with Gasteiger partial charge >= 0.3 is 23.9 Å². The van der Waals surface area contributed by atoms with Crippen LogP contribution < -0.4 is 14.2 Å². The molecule has 3 rings (SSSR count). The van der Waals surface area contributed by atoms with Gasteiger partial charge in [0.1, 0.15) is 17.2 Å². The van der Waals surface area contributed by atoms with Gasteiger partial charge in [0.15, 0.2) is 0 Å². The first kappa shape index (κ1) is 30.4. The van der Waals surface area contributed by atoms with Crippen molar-refractivity contribution >= 4 is 23.9 Å². The fourth-order valence-electron chi connectivity index (χ4n) is 3.42. The fraction of sp³-hybridized carbons (Fsp3) is 0.188. The summed E-state index contributed by atoms with van der Waals surface area (Å²) in [5.41, 5.74) is 2.21. The molecule has 0 fully saturated rings. The Kier molecular flexibility index (Phi) is 11.4. The quantitative estimate of drug-likeness (QED) is 0.110. The van der Waals surface area contributed by atoms with E-state index in [2.05, 4.69) is 17.9 Å². The molecule has 0 aliphatic rings. The van der Waals surface area contributed by atoms with Crippen molar-refractivity contribution in [2.24, 2.45) is 0 Å². The SMILES string of the molecule is C=CC(=O)Oc1ccc(-c2ccc(C(=O)Oc3ccc(OCCCCOC(=O)C(=C)CC(=O)OC)cc3)cc2)cc1. The van der Waals surface area contributed by atoms with Crippen molar-refractivity contribution in [1.29, 1.82) is 0 Å². The van der Waals surface area contributed by atoms with Gasteiger partial charge in [0.05, 0.1) is 32.3 Å². The van der Waals surface area contributed by atoms with Gasteiger partial charge in [-0.3, -0.25) is 4.79 Å². The Bertz CT molecular complexity index is 1370. The molecular formula is C32H30O9. The Morgan fingerprint density at radius 1 is 0.732 bits per heavy atom. The first-order valence-electron chi connectivity index (χ1n) is 12.7. The first-order valence-corrected chi connectivity index (χ1v) is 12.7. The van der Waals surface area contributed by atoms with Crippen molar-refractivity contribution in [3.05, 3.63) is 103 Å². The van der Waals surface area contributed by atoms with Gasteiger partial charge in [-0.2, -0.15) is 0 Å². The van der Waals surface area contributed by atoms with Crippen LogP contribution in [0.4, 0.5) is 0 Å². The van der Waals surface area contributed by atoms with Crippen molar-refractivity contribution in [1.82, 2.24) is 0 Å². The van der Waals surface area contributed by atoms with E-state index < -0.39 is 23.9 Å². The second-order valence-corrected chi connectivity index (χ2v) is 8.64. The zero-order valence-corrected chi connectivity index (χ0v) is 22.6. The van der Waals surface area contributed by atoms with Crippen LogP contribution in [0.2, 0.25) is 0 Å². The lowest BCUT2D eigenvalue weighted by atomic mass is 10.0. The highest BCUT2D eigenvalue weighted by atomic mass is 16.5. The number of hydrogen-bond acceptors (Lipinski definition) is 9. The minimum Gasteiger partial charge on any atom is -0.494 e. The number of unbranched alkanes of at least 4 members (excludes halogenated alkanes) is 1. The van der Waals surface area contributed by atoms with E-state index in [4.69, 9.17) is 18.9 Å². The summed E-state index contributed by atoms with van der Waals surface area (Å²) < 4.78 is 25.8. The molecule has 0 aliphatic heterocycles. The van der Waals surface area contributed by atoms with E-state index in [0.29, 0.717) is 42.3 Å². The molecule has 0 atom stereocenters. The number of benzene rings is 3. The van der Waals surface area contributed by atoms with Gasteiger partial charge in [-0.05, 0) is 72.5 Å². The van der Waals surface area contributed by atoms with Gasteiger partial charge in [0.2, 0.25) is 0 Å². The minimum atomic E-state index is -0.627. The lowest BCUT2D eigenvalue weighted by molar-refractivity contribution is -0.144. The van der Waals surface area contributed by atoms with Crippen molar-refractivity contribution in [2.75, 3.05) is 20.3 Å². The maximum absolute atomic E-state index is 12.6. The second-order valence-electron chi connectivity index (χ2n) is 8.64. The van der Waals surface area contributed by atoms with Crippen LogP contribution in [0, 0.1) is 0 Å². The molecular weight excluding hydrogens is 528 g/mol. The normalized spacial score (nSPS) is 10.2. The molecule has 212 valence electrons. The van der Waals surface area contributed by atoms with Gasteiger partial charge in [0, 0.05) is 11.6 Å². The predicted molar refractivity (Wildman–Crippen MR) is 151 cm³/mol. The van der Waals surface area contributed by atoms with Crippen molar-refractivity contribution in [3.63, 3.8) is 0 Å². The largest absolute Gasteiger partial charge is 0.494 e. The highest BCUT2D eigenvalue weighted by Crippen LogP contribution is 2.24. The van der Waals surface area contributed by atoms with Crippen molar-refractivity contribution in [2.45, 2.75) is 19.3 Å². The number of rotatable bonds is 14. The molecule has 0 amide bonds. The Balaban J connectivity index is 1.39. The van der Waals surface area contributed by atoms with Crippen LogP contribution in [0.3, 0.4) is 0 Å². The van der Waals surface area contributed by atoms with E-state index >= 15 is 0 Å². The standard InChI is InChI=1S/C32H30O9/c1-4-29(33)40-27-13-11-24(12-14-27)23-7-9-25(10-8-23)32(36)41-28-17-15-26(16-18-28)38-19-5-6-20-39-31(35)22(2)21-30(34)37-3/h4,7-18H,1-2,5-6,19-21H2,3H3. The Morgan fingerprint density at radius 2 is 1.27 bits per heavy atom. The number of ether oxygens (including phenoxy) is 5. The van der Waals surface area contributed by atoms with Gasteiger partial charge in [-0.1, -0.05) is 37.4 Å². The second kappa shape index (κ2) is 15.4. The molecule has 0 unspecified atom stereocenters. The molecule has 0 saturated heterocycles. The lowest BCUT2D eigenvalue weighted by Gasteiger charge is -2.09. The minimum absolute atomic E-state index is 0.0446. The number of carbonyl (C=O) groups excluding carboxylic acids is 4.